The Bertz CT molecular complexity index is 457. The number of sulfonamides is 1. The van der Waals surface area contributed by atoms with E-state index in [1.54, 1.807) is 0 Å². The summed E-state index contributed by atoms with van der Waals surface area (Å²) in [5.74, 6) is 1.64. The Morgan fingerprint density at radius 3 is 2.47 bits per heavy atom. The highest BCUT2D eigenvalue weighted by molar-refractivity contribution is 7.89. The van der Waals surface area contributed by atoms with E-state index in [0.717, 1.165) is 11.5 Å². The predicted molar refractivity (Wildman–Crippen MR) is 67.1 cm³/mol. The van der Waals surface area contributed by atoms with Crippen molar-refractivity contribution in [1.82, 2.24) is 5.32 Å². The molecule has 0 radical (unpaired) electrons. The first-order valence-corrected chi connectivity index (χ1v) is 7.20. The van der Waals surface area contributed by atoms with Gasteiger partial charge in [0.15, 0.2) is 0 Å². The maximum Gasteiger partial charge on any atom is 0.210 e. The summed E-state index contributed by atoms with van der Waals surface area (Å²) in [5, 5.41) is 7.85. The molecule has 0 saturated heterocycles. The molecule has 1 heterocycles. The summed E-state index contributed by atoms with van der Waals surface area (Å²) < 4.78 is 27.0. The SMILES string of the molecule is CC(C)(C)c1ccc(CNCCS(N)(=O)=O)o1. The number of rotatable bonds is 5. The maximum atomic E-state index is 10.7. The first-order valence-electron chi connectivity index (χ1n) is 5.49. The lowest BCUT2D eigenvalue weighted by Crippen LogP contribution is -2.26. The van der Waals surface area contributed by atoms with E-state index in [0.29, 0.717) is 13.1 Å². The molecule has 3 N–H and O–H groups in total. The van der Waals surface area contributed by atoms with Crippen LogP contribution in [0.1, 0.15) is 32.3 Å². The molecule has 17 heavy (non-hydrogen) atoms. The van der Waals surface area contributed by atoms with E-state index in [-0.39, 0.29) is 11.2 Å². The first kappa shape index (κ1) is 14.2. The minimum atomic E-state index is -3.39. The Hall–Kier alpha value is -0.850. The molecule has 0 amide bonds. The van der Waals surface area contributed by atoms with E-state index in [2.05, 4.69) is 26.1 Å². The standard InChI is InChI=1S/C11H20N2O3S/c1-11(2,3)10-5-4-9(16-10)8-13-6-7-17(12,14)15/h4-5,13H,6-8H2,1-3H3,(H2,12,14,15). The molecule has 0 aliphatic carbocycles. The molecule has 0 atom stereocenters. The quantitative estimate of drug-likeness (QED) is 0.772. The van der Waals surface area contributed by atoms with Crippen molar-refractivity contribution < 1.29 is 12.8 Å². The predicted octanol–water partition coefficient (Wildman–Crippen LogP) is 0.955. The Morgan fingerprint density at radius 1 is 1.35 bits per heavy atom. The highest BCUT2D eigenvalue weighted by Crippen LogP contribution is 2.23. The lowest BCUT2D eigenvalue weighted by Gasteiger charge is -2.14. The summed E-state index contributed by atoms with van der Waals surface area (Å²) in [6.45, 7) is 7.05. The van der Waals surface area contributed by atoms with E-state index in [9.17, 15) is 8.42 Å². The van der Waals surface area contributed by atoms with Gasteiger partial charge in [0, 0.05) is 12.0 Å². The fourth-order valence-electron chi connectivity index (χ4n) is 1.30. The van der Waals surface area contributed by atoms with Crippen molar-refractivity contribution in [1.29, 1.82) is 0 Å². The van der Waals surface area contributed by atoms with Crippen LogP contribution in [0.15, 0.2) is 16.5 Å². The summed E-state index contributed by atoms with van der Waals surface area (Å²) in [6.07, 6.45) is 0. The topological polar surface area (TPSA) is 85.3 Å². The molecule has 1 aromatic heterocycles. The van der Waals surface area contributed by atoms with Crippen LogP contribution in [0.3, 0.4) is 0 Å². The van der Waals surface area contributed by atoms with Crippen LogP contribution in [0.25, 0.3) is 0 Å². The highest BCUT2D eigenvalue weighted by atomic mass is 32.2. The Morgan fingerprint density at radius 2 is 2.00 bits per heavy atom. The van der Waals surface area contributed by atoms with Crippen molar-refractivity contribution in [2.75, 3.05) is 12.3 Å². The summed E-state index contributed by atoms with van der Waals surface area (Å²) in [5.41, 5.74) is -0.0150. The van der Waals surface area contributed by atoms with Crippen LogP contribution < -0.4 is 10.5 Å². The fourth-order valence-corrected chi connectivity index (χ4v) is 1.73. The van der Waals surface area contributed by atoms with Gasteiger partial charge in [0.05, 0.1) is 12.3 Å². The zero-order chi connectivity index (χ0) is 13.1. The number of furan rings is 1. The minimum absolute atomic E-state index is 0.0150. The summed E-state index contributed by atoms with van der Waals surface area (Å²) in [7, 11) is -3.39. The van der Waals surface area contributed by atoms with Crippen molar-refractivity contribution in [3.63, 3.8) is 0 Å². The summed E-state index contributed by atoms with van der Waals surface area (Å²) >= 11 is 0. The third-order valence-electron chi connectivity index (χ3n) is 2.26. The van der Waals surface area contributed by atoms with Crippen molar-refractivity contribution in [2.45, 2.75) is 32.7 Å². The highest BCUT2D eigenvalue weighted by Gasteiger charge is 2.17. The van der Waals surface area contributed by atoms with Gasteiger partial charge in [-0.2, -0.15) is 0 Å². The van der Waals surface area contributed by atoms with Gasteiger partial charge >= 0.3 is 0 Å². The first-order chi connectivity index (χ1) is 7.68. The number of primary sulfonamides is 1. The maximum absolute atomic E-state index is 10.7. The zero-order valence-corrected chi connectivity index (χ0v) is 11.3. The van der Waals surface area contributed by atoms with Crippen LogP contribution in [0.2, 0.25) is 0 Å². The molecular weight excluding hydrogens is 240 g/mol. The Balaban J connectivity index is 2.41. The van der Waals surface area contributed by atoms with Crippen molar-refractivity contribution in [3.8, 4) is 0 Å². The zero-order valence-electron chi connectivity index (χ0n) is 10.5. The molecule has 6 heteroatoms. The van der Waals surface area contributed by atoms with E-state index in [1.807, 2.05) is 12.1 Å². The molecule has 0 fully saturated rings. The van der Waals surface area contributed by atoms with E-state index in [4.69, 9.17) is 9.56 Å². The van der Waals surface area contributed by atoms with Crippen LogP contribution in [0.4, 0.5) is 0 Å². The molecule has 0 spiro atoms. The third-order valence-corrected chi connectivity index (χ3v) is 3.04. The van der Waals surface area contributed by atoms with Crippen LogP contribution in [-0.2, 0) is 22.0 Å². The van der Waals surface area contributed by atoms with Gasteiger partial charge in [-0.25, -0.2) is 13.6 Å². The van der Waals surface area contributed by atoms with E-state index < -0.39 is 10.0 Å². The molecule has 98 valence electrons. The van der Waals surface area contributed by atoms with Gasteiger partial charge < -0.3 is 9.73 Å². The minimum Gasteiger partial charge on any atom is -0.464 e. The lowest BCUT2D eigenvalue weighted by atomic mass is 9.94. The molecule has 0 bridgehead atoms. The fraction of sp³-hybridized carbons (Fsp3) is 0.636. The second kappa shape index (κ2) is 5.20. The van der Waals surface area contributed by atoms with Crippen LogP contribution in [0, 0.1) is 0 Å². The second-order valence-corrected chi connectivity index (χ2v) is 6.79. The van der Waals surface area contributed by atoms with Gasteiger partial charge in [0.25, 0.3) is 0 Å². The molecule has 0 unspecified atom stereocenters. The number of hydrogen-bond acceptors (Lipinski definition) is 4. The molecule has 0 aliphatic rings. The molecule has 1 rings (SSSR count). The largest absolute Gasteiger partial charge is 0.464 e. The van der Waals surface area contributed by atoms with Gasteiger partial charge in [-0.1, -0.05) is 20.8 Å². The molecule has 0 aliphatic heterocycles. The van der Waals surface area contributed by atoms with Crippen LogP contribution in [0.5, 0.6) is 0 Å². The van der Waals surface area contributed by atoms with Gasteiger partial charge in [0.1, 0.15) is 11.5 Å². The molecule has 0 aromatic carbocycles. The van der Waals surface area contributed by atoms with Gasteiger partial charge in [-0.3, -0.25) is 0 Å². The van der Waals surface area contributed by atoms with Gasteiger partial charge in [-0.15, -0.1) is 0 Å². The van der Waals surface area contributed by atoms with E-state index >= 15 is 0 Å². The average Bonchev–Trinajstić information content (AvgIpc) is 2.58. The normalized spacial score (nSPS) is 12.9. The second-order valence-electron chi connectivity index (χ2n) is 5.06. The molecule has 0 saturated carbocycles. The smallest absolute Gasteiger partial charge is 0.210 e. The third kappa shape index (κ3) is 5.34. The number of hydrogen-bond donors (Lipinski definition) is 2. The van der Waals surface area contributed by atoms with Crippen molar-refractivity contribution in [2.24, 2.45) is 5.14 Å². The number of nitrogens with two attached hydrogens (primary N) is 1. The molecular formula is C11H20N2O3S. The Labute approximate surface area is 102 Å². The van der Waals surface area contributed by atoms with Gasteiger partial charge in [0.2, 0.25) is 10.0 Å². The molecule has 1 aromatic rings. The van der Waals surface area contributed by atoms with Gasteiger partial charge in [-0.05, 0) is 12.1 Å². The monoisotopic (exact) mass is 260 g/mol. The average molecular weight is 260 g/mol. The van der Waals surface area contributed by atoms with E-state index in [1.165, 1.54) is 0 Å². The van der Waals surface area contributed by atoms with Crippen LogP contribution >= 0.6 is 0 Å². The molecule has 5 nitrogen and oxygen atoms in total. The number of nitrogens with one attached hydrogen (secondary N) is 1. The van der Waals surface area contributed by atoms with Crippen LogP contribution in [-0.4, -0.2) is 20.7 Å². The Kier molecular flexibility index (Phi) is 4.35. The van der Waals surface area contributed by atoms with Crippen molar-refractivity contribution in [3.05, 3.63) is 23.7 Å². The summed E-state index contributed by atoms with van der Waals surface area (Å²) in [4.78, 5) is 0. The summed E-state index contributed by atoms with van der Waals surface area (Å²) in [6, 6.07) is 3.83. The van der Waals surface area contributed by atoms with Crippen molar-refractivity contribution >= 4 is 10.0 Å². The lowest BCUT2D eigenvalue weighted by molar-refractivity contribution is 0.380.